The molecule has 0 bridgehead atoms. The molecule has 0 aliphatic heterocycles. The van der Waals surface area contributed by atoms with Crippen molar-refractivity contribution in [2.45, 2.75) is 300 Å². The van der Waals surface area contributed by atoms with Crippen molar-refractivity contribution in [2.75, 3.05) is 5.33 Å². The molecule has 0 rings (SSSR count). The van der Waals surface area contributed by atoms with Crippen LogP contribution in [0.2, 0.25) is 0 Å². The minimum absolute atomic E-state index is 0.123. The van der Waals surface area contributed by atoms with Crippen molar-refractivity contribution in [3.63, 3.8) is 0 Å². The maximum absolute atomic E-state index is 10.6. The van der Waals surface area contributed by atoms with Crippen molar-refractivity contribution in [1.29, 1.82) is 0 Å². The van der Waals surface area contributed by atoms with Crippen LogP contribution < -0.4 is 0 Å². The van der Waals surface area contributed by atoms with Gasteiger partial charge in [0.1, 0.15) is 0 Å². The summed E-state index contributed by atoms with van der Waals surface area (Å²) in [5, 5.41) is 18.4. The van der Waals surface area contributed by atoms with Crippen molar-refractivity contribution in [2.24, 2.45) is 93.2 Å². The van der Waals surface area contributed by atoms with Gasteiger partial charge in [-0.15, -0.1) is 0 Å². The SMILES string of the molecule is C=C(C)C(C)(C)CC(C)C.CC(C)=C(C)CBr.CC(C)=C(C)CCC(C)C.CC(C)CC(C)(C)C(C)C.CC(C)CCC(C)C(C)C.CC(CC(C)(C)C(C)C)C(=O)O.CC(CCC(C)C(C)C)C(=O)O.[CH2-]C(C)C.[Zn+][I]. The first-order chi connectivity index (χ1) is 34.4. The molecule has 0 heterocycles. The Bertz CT molecular complexity index is 1420. The van der Waals surface area contributed by atoms with Gasteiger partial charge in [-0.25, -0.2) is 0 Å². The van der Waals surface area contributed by atoms with Crippen LogP contribution in [0.5, 0.6) is 0 Å². The summed E-state index contributed by atoms with van der Waals surface area (Å²) in [6, 6.07) is 0. The van der Waals surface area contributed by atoms with Gasteiger partial charge < -0.3 is 17.1 Å². The van der Waals surface area contributed by atoms with Crippen LogP contribution >= 0.6 is 35.7 Å². The molecule has 4 atom stereocenters. The predicted molar refractivity (Wildman–Crippen MR) is 364 cm³/mol. The number of aliphatic carboxylic acids is 2. The Kier molecular flexibility index (Phi) is 68.9. The summed E-state index contributed by atoms with van der Waals surface area (Å²) in [4.78, 5) is 21.1. The van der Waals surface area contributed by atoms with Gasteiger partial charge in [0.25, 0.3) is 0 Å². The van der Waals surface area contributed by atoms with E-state index in [1.165, 1.54) is 75.6 Å². The summed E-state index contributed by atoms with van der Waals surface area (Å²) in [6.07, 6.45) is 10.5. The number of allylic oxidation sites excluding steroid dienone is 5. The van der Waals surface area contributed by atoms with E-state index in [4.69, 9.17) is 10.2 Å². The van der Waals surface area contributed by atoms with Crippen molar-refractivity contribution in [3.05, 3.63) is 41.4 Å². The number of halogens is 2. The predicted octanol–water partition coefficient (Wildman–Crippen LogP) is 25.5. The first-order valence-electron chi connectivity index (χ1n) is 30.5. The van der Waals surface area contributed by atoms with Crippen molar-refractivity contribution >= 4 is 47.6 Å². The van der Waals surface area contributed by atoms with Crippen LogP contribution in [0.15, 0.2) is 34.4 Å². The maximum atomic E-state index is 10.6. The van der Waals surface area contributed by atoms with E-state index in [0.29, 0.717) is 34.5 Å². The van der Waals surface area contributed by atoms with Gasteiger partial charge in [0, 0.05) is 5.33 Å². The van der Waals surface area contributed by atoms with E-state index in [0.717, 1.165) is 66.0 Å². The molecule has 4 unspecified atom stereocenters. The quantitative estimate of drug-likeness (QED) is 0.0351. The zero-order valence-corrected chi connectivity index (χ0v) is 65.9. The zero-order valence-electron chi connectivity index (χ0n) is 59.2. The molecule has 0 aromatic heterocycles. The fraction of sp³-hybridized carbons (Fsp3) is 0.871. The second-order valence-electron chi connectivity index (χ2n) is 28.8. The molecule has 464 valence electrons. The van der Waals surface area contributed by atoms with Crippen LogP contribution in [0.25, 0.3) is 0 Å². The molecule has 0 amide bonds. The third kappa shape index (κ3) is 76.0. The molecular weight excluding hydrogens is 1180 g/mol. The van der Waals surface area contributed by atoms with Gasteiger partial charge in [-0.1, -0.05) is 257 Å². The van der Waals surface area contributed by atoms with Gasteiger partial charge in [-0.3, -0.25) is 9.59 Å². The second kappa shape index (κ2) is 55.2. The van der Waals surface area contributed by atoms with Gasteiger partial charge in [0.2, 0.25) is 0 Å². The number of alkyl halides is 1. The Hall–Kier alpha value is -0.00662. The van der Waals surface area contributed by atoms with E-state index in [-0.39, 0.29) is 17.3 Å². The molecule has 0 spiro atoms. The molecule has 0 aliphatic rings. The number of hydrogen-bond donors (Lipinski definition) is 2. The Morgan fingerprint density at radius 3 is 0.961 bits per heavy atom. The number of hydrogen-bond acceptors (Lipinski definition) is 2. The number of carboxylic acid groups (broad SMARTS) is 2. The first kappa shape index (κ1) is 96.2. The summed E-state index contributed by atoms with van der Waals surface area (Å²) in [5.41, 5.74) is 8.16. The van der Waals surface area contributed by atoms with E-state index in [1.54, 1.807) is 19.4 Å². The normalized spacial score (nSPS) is 12.7. The molecule has 0 saturated carbocycles. The molecule has 7 heteroatoms. The third-order valence-electron chi connectivity index (χ3n) is 15.3. The minimum atomic E-state index is -0.691. The van der Waals surface area contributed by atoms with Crippen molar-refractivity contribution in [1.82, 2.24) is 0 Å². The second-order valence-corrected chi connectivity index (χ2v) is 29.4. The van der Waals surface area contributed by atoms with Gasteiger partial charge in [0.15, 0.2) is 0 Å². The van der Waals surface area contributed by atoms with Gasteiger partial charge in [-0.05, 0) is 169 Å². The standard InChI is InChI=1S/2C10H20O2.C10H22.C10H20.C10H22.C10H20.C6H11Br.C4H9.HI.Zn/c1-7(2)10(4,5)6-8(3)9(11)12;1-7(2)8(3)5-6-9(4)10(11)12;2*1-8(2)7-10(5,6)9(3)4;2*1-8(2)6-7-10(5)9(3)4;1-5(2)6(3)4-7;1-4(2)3;;/h7-8H,6H2,1-5H3,(H,11,12);7-9H,5-6H2,1-4H3,(H,11,12);8-9H,7H2,1-6H3;8H,3,7H2,1-2,4-6H3;8-10H,6-7H2,1-5H3;8H,6-7H2,1-5H3;4H2,1-3H3;4H,1H2,2-3H3;1H;/q;;;;;;;-1;;+2/p-1. The van der Waals surface area contributed by atoms with Crippen molar-refractivity contribution < 1.29 is 34.6 Å². The van der Waals surface area contributed by atoms with Gasteiger partial charge in [-0.2, -0.15) is 5.92 Å². The van der Waals surface area contributed by atoms with E-state index < -0.39 is 11.9 Å². The summed E-state index contributed by atoms with van der Waals surface area (Å²) >= 11 is 6.98. The van der Waals surface area contributed by atoms with E-state index in [9.17, 15) is 9.59 Å². The summed E-state index contributed by atoms with van der Waals surface area (Å²) in [5.74, 6) is 6.50. The Morgan fingerprint density at radius 1 is 0.481 bits per heavy atom. The van der Waals surface area contributed by atoms with Gasteiger partial charge in [0.05, 0.1) is 11.8 Å². The Morgan fingerprint density at radius 2 is 0.779 bits per heavy atom. The molecular formula is C70H144BrIO4Zn. The number of carbonyl (C=O) groups is 2. The summed E-state index contributed by atoms with van der Waals surface area (Å²) < 4.78 is 0. The first-order valence-corrected chi connectivity index (χ1v) is 40.6. The Labute approximate surface area is 518 Å². The van der Waals surface area contributed by atoms with Crippen LogP contribution in [0, 0.1) is 100 Å². The van der Waals surface area contributed by atoms with Crippen LogP contribution in [0.1, 0.15) is 300 Å². The number of carboxylic acids is 2. The third-order valence-corrected chi connectivity index (χ3v) is 16.2. The van der Waals surface area contributed by atoms with E-state index in [2.05, 4.69) is 278 Å². The molecule has 0 saturated heterocycles. The molecule has 2 N–H and O–H groups in total. The average Bonchev–Trinajstić information content (AvgIpc) is 3.26. The fourth-order valence-electron chi connectivity index (χ4n) is 6.38. The molecule has 0 aliphatic carbocycles. The van der Waals surface area contributed by atoms with Crippen LogP contribution in [0.3, 0.4) is 0 Å². The Balaban J connectivity index is -0.0000000987. The van der Waals surface area contributed by atoms with Crippen molar-refractivity contribution in [3.8, 4) is 0 Å². The summed E-state index contributed by atoms with van der Waals surface area (Å²) in [7, 11) is 0. The molecule has 0 radical (unpaired) electrons. The van der Waals surface area contributed by atoms with E-state index in [1.807, 2.05) is 0 Å². The molecule has 0 aromatic rings. The number of rotatable bonds is 23. The average molecular weight is 1320 g/mol. The van der Waals surface area contributed by atoms with E-state index >= 15 is 0 Å². The fourth-order valence-corrected chi connectivity index (χ4v) is 6.94. The molecule has 0 aromatic carbocycles. The molecule has 77 heavy (non-hydrogen) atoms. The monoisotopic (exact) mass is 1320 g/mol. The van der Waals surface area contributed by atoms with Crippen LogP contribution in [0.4, 0.5) is 0 Å². The van der Waals surface area contributed by atoms with Gasteiger partial charge >= 0.3 is 46.5 Å². The molecule has 4 nitrogen and oxygen atoms in total. The topological polar surface area (TPSA) is 74.6 Å². The summed E-state index contributed by atoms with van der Waals surface area (Å²) in [6.45, 7) is 84.5. The van der Waals surface area contributed by atoms with Crippen LogP contribution in [-0.4, -0.2) is 27.5 Å². The zero-order chi connectivity index (χ0) is 64.1. The van der Waals surface area contributed by atoms with Crippen LogP contribution in [-0.2, 0) is 24.4 Å². The molecule has 0 fully saturated rings.